The molecule has 7 rings (SSSR count). The van der Waals surface area contributed by atoms with E-state index in [-0.39, 0.29) is 29.5 Å². The van der Waals surface area contributed by atoms with Crippen molar-refractivity contribution in [2.45, 2.75) is 88.0 Å². The van der Waals surface area contributed by atoms with Crippen LogP contribution in [0.15, 0.2) is 36.8 Å². The first kappa shape index (κ1) is 25.8. The molecule has 1 saturated carbocycles. The molecular weight excluding hydrogens is 506 g/mol. The molecule has 3 saturated heterocycles. The third-order valence-electron chi connectivity index (χ3n) is 9.57. The summed E-state index contributed by atoms with van der Waals surface area (Å²) in [5.41, 5.74) is 9.24. The van der Waals surface area contributed by atoms with Gasteiger partial charge in [-0.3, -0.25) is 4.79 Å². The Morgan fingerprint density at radius 1 is 1.07 bits per heavy atom. The van der Waals surface area contributed by atoms with Crippen LogP contribution in [0.2, 0.25) is 0 Å². The largest absolute Gasteiger partial charge is 0.491 e. The van der Waals surface area contributed by atoms with Gasteiger partial charge in [0.05, 0.1) is 11.5 Å². The summed E-state index contributed by atoms with van der Waals surface area (Å²) in [6.45, 7) is 1.96. The SMILES string of the molecule is Nc1ncnc2c1c(-c1cccc(OCC34CCC(CC3)O4)c1)cn2C1CCC(NC(=O)C2CCOCC2)CC1. The number of hydrogen-bond acceptors (Lipinski definition) is 7. The van der Waals surface area contributed by atoms with Crippen LogP contribution in [0.25, 0.3) is 22.2 Å². The molecule has 5 heterocycles. The first-order valence-electron chi connectivity index (χ1n) is 15.0. The van der Waals surface area contributed by atoms with Gasteiger partial charge in [0.15, 0.2) is 0 Å². The number of nitrogen functional groups attached to an aromatic ring is 1. The molecular formula is C31H39N5O4. The number of nitrogens with one attached hydrogen (secondary N) is 1. The van der Waals surface area contributed by atoms with Crippen LogP contribution in [0.5, 0.6) is 5.75 Å². The van der Waals surface area contributed by atoms with Crippen molar-refractivity contribution in [3.05, 3.63) is 36.8 Å². The van der Waals surface area contributed by atoms with Crippen molar-refractivity contribution in [3.63, 3.8) is 0 Å². The molecule has 0 unspecified atom stereocenters. The lowest BCUT2D eigenvalue weighted by atomic mass is 9.89. The lowest BCUT2D eigenvalue weighted by molar-refractivity contribution is -0.128. The van der Waals surface area contributed by atoms with Gasteiger partial charge in [0, 0.05) is 43.0 Å². The highest BCUT2D eigenvalue weighted by Crippen LogP contribution is 2.44. The quantitative estimate of drug-likeness (QED) is 0.439. The summed E-state index contributed by atoms with van der Waals surface area (Å²) >= 11 is 0. The number of fused-ring (bicyclic) bond motifs is 3. The molecule has 1 amide bonds. The molecule has 9 nitrogen and oxygen atoms in total. The molecule has 4 aliphatic rings. The van der Waals surface area contributed by atoms with E-state index in [1.165, 1.54) is 0 Å². The molecule has 1 aromatic carbocycles. The van der Waals surface area contributed by atoms with E-state index in [0.717, 1.165) is 92.1 Å². The van der Waals surface area contributed by atoms with Gasteiger partial charge in [-0.2, -0.15) is 0 Å². The standard InChI is InChI=1S/C31H39N5O4/c32-28-27-26(21-2-1-3-25(16-21)39-18-31-12-8-24(40-31)9-13-31)17-36(29(27)34-19-33-28)23-6-4-22(5-7-23)35-30(37)20-10-14-38-15-11-20/h1-3,16-17,19-20,22-24H,4-15,18H2,(H,35,37)(H2,32,33,34). The summed E-state index contributed by atoms with van der Waals surface area (Å²) < 4.78 is 20.2. The van der Waals surface area contributed by atoms with Crippen LogP contribution in [0.4, 0.5) is 5.82 Å². The molecule has 2 aromatic heterocycles. The van der Waals surface area contributed by atoms with E-state index in [1.54, 1.807) is 6.33 Å². The Kier molecular flexibility index (Phi) is 6.87. The summed E-state index contributed by atoms with van der Waals surface area (Å²) in [5, 5.41) is 4.19. The lowest BCUT2D eigenvalue weighted by Crippen LogP contribution is -2.42. The average Bonchev–Trinajstić information content (AvgIpc) is 3.71. The van der Waals surface area contributed by atoms with E-state index >= 15 is 0 Å². The second-order valence-electron chi connectivity index (χ2n) is 12.1. The normalized spacial score (nSPS) is 28.6. The highest BCUT2D eigenvalue weighted by Gasteiger charge is 2.46. The number of rotatable bonds is 7. The van der Waals surface area contributed by atoms with Gasteiger partial charge in [-0.15, -0.1) is 0 Å². The Morgan fingerprint density at radius 2 is 1.88 bits per heavy atom. The Labute approximate surface area is 234 Å². The van der Waals surface area contributed by atoms with E-state index in [1.807, 2.05) is 12.1 Å². The summed E-state index contributed by atoms with van der Waals surface area (Å²) in [6.07, 6.45) is 14.1. The van der Waals surface area contributed by atoms with Crippen molar-refractivity contribution < 1.29 is 19.0 Å². The number of anilines is 1. The summed E-state index contributed by atoms with van der Waals surface area (Å²) in [5.74, 6) is 1.60. The molecule has 0 atom stereocenters. The van der Waals surface area contributed by atoms with Crippen molar-refractivity contribution >= 4 is 22.8 Å². The molecule has 4 fully saturated rings. The van der Waals surface area contributed by atoms with Gasteiger partial charge in [0.2, 0.25) is 5.91 Å². The Bertz CT molecular complexity index is 1370. The van der Waals surface area contributed by atoms with Crippen molar-refractivity contribution in [1.29, 1.82) is 0 Å². The van der Waals surface area contributed by atoms with E-state index in [4.69, 9.17) is 19.9 Å². The molecule has 3 N–H and O–H groups in total. The highest BCUT2D eigenvalue weighted by atomic mass is 16.6. The molecule has 40 heavy (non-hydrogen) atoms. The summed E-state index contributed by atoms with van der Waals surface area (Å²) in [4.78, 5) is 21.8. The minimum Gasteiger partial charge on any atom is -0.491 e. The van der Waals surface area contributed by atoms with Crippen molar-refractivity contribution in [1.82, 2.24) is 19.9 Å². The smallest absolute Gasteiger partial charge is 0.223 e. The fourth-order valence-corrected chi connectivity index (χ4v) is 7.24. The van der Waals surface area contributed by atoms with Crippen molar-refractivity contribution in [2.75, 3.05) is 25.6 Å². The lowest BCUT2D eigenvalue weighted by Gasteiger charge is -2.32. The van der Waals surface area contributed by atoms with Crippen molar-refractivity contribution in [2.24, 2.45) is 5.92 Å². The number of amides is 1. The molecule has 9 heteroatoms. The molecule has 3 aromatic rings. The number of ether oxygens (including phenoxy) is 3. The first-order chi connectivity index (χ1) is 19.6. The molecule has 1 aliphatic carbocycles. The third kappa shape index (κ3) is 4.94. The van der Waals surface area contributed by atoms with Crippen LogP contribution in [0.3, 0.4) is 0 Å². The molecule has 212 valence electrons. The van der Waals surface area contributed by atoms with Gasteiger partial charge in [-0.25, -0.2) is 9.97 Å². The van der Waals surface area contributed by atoms with Gasteiger partial charge >= 0.3 is 0 Å². The predicted molar refractivity (Wildman–Crippen MR) is 152 cm³/mol. The predicted octanol–water partition coefficient (Wildman–Crippen LogP) is 4.80. The molecule has 0 spiro atoms. The minimum absolute atomic E-state index is 0.0854. The molecule has 2 bridgehead atoms. The Hall–Kier alpha value is -3.17. The van der Waals surface area contributed by atoms with E-state index in [0.29, 0.717) is 31.7 Å². The maximum atomic E-state index is 12.8. The number of nitrogens with two attached hydrogens (primary N) is 1. The number of hydrogen-bond donors (Lipinski definition) is 2. The number of carbonyl (C=O) groups excluding carboxylic acids is 1. The van der Waals surface area contributed by atoms with Gasteiger partial charge < -0.3 is 29.8 Å². The minimum atomic E-state index is -0.113. The zero-order valence-corrected chi connectivity index (χ0v) is 23.0. The highest BCUT2D eigenvalue weighted by molar-refractivity contribution is 6.00. The van der Waals surface area contributed by atoms with Gasteiger partial charge in [-0.05, 0) is 81.9 Å². The Balaban J connectivity index is 1.08. The number of carbonyl (C=O) groups is 1. The number of benzene rings is 1. The van der Waals surface area contributed by atoms with Crippen molar-refractivity contribution in [3.8, 4) is 16.9 Å². The fourth-order valence-electron chi connectivity index (χ4n) is 7.24. The van der Waals surface area contributed by atoms with E-state index in [2.05, 4.69) is 38.2 Å². The van der Waals surface area contributed by atoms with E-state index in [9.17, 15) is 4.79 Å². The summed E-state index contributed by atoms with van der Waals surface area (Å²) in [7, 11) is 0. The van der Waals surface area contributed by atoms with Gasteiger partial charge in [0.1, 0.15) is 35.7 Å². The van der Waals surface area contributed by atoms with Crippen LogP contribution < -0.4 is 15.8 Å². The topological polar surface area (TPSA) is 114 Å². The number of aromatic nitrogens is 3. The van der Waals surface area contributed by atoms with E-state index < -0.39 is 0 Å². The zero-order valence-electron chi connectivity index (χ0n) is 23.0. The Morgan fingerprint density at radius 3 is 2.62 bits per heavy atom. The fraction of sp³-hybridized carbons (Fsp3) is 0.581. The van der Waals surface area contributed by atoms with Crippen LogP contribution in [0, 0.1) is 5.92 Å². The van der Waals surface area contributed by atoms with Crippen LogP contribution in [-0.2, 0) is 14.3 Å². The second-order valence-corrected chi connectivity index (χ2v) is 12.1. The van der Waals surface area contributed by atoms with Gasteiger partial charge in [-0.1, -0.05) is 12.1 Å². The first-order valence-corrected chi connectivity index (χ1v) is 15.0. The van der Waals surface area contributed by atoms with Crippen LogP contribution >= 0.6 is 0 Å². The monoisotopic (exact) mass is 545 g/mol. The zero-order chi connectivity index (χ0) is 27.1. The van der Waals surface area contributed by atoms with Crippen LogP contribution in [0.1, 0.15) is 70.3 Å². The molecule has 3 aliphatic heterocycles. The average molecular weight is 546 g/mol. The van der Waals surface area contributed by atoms with Gasteiger partial charge in [0.25, 0.3) is 0 Å². The molecule has 0 radical (unpaired) electrons. The maximum absolute atomic E-state index is 12.8. The van der Waals surface area contributed by atoms with Crippen LogP contribution in [-0.4, -0.2) is 58.0 Å². The number of nitrogens with zero attached hydrogens (tertiary/aromatic N) is 3. The summed E-state index contributed by atoms with van der Waals surface area (Å²) in [6, 6.07) is 8.74. The third-order valence-corrected chi connectivity index (χ3v) is 9.57. The second kappa shape index (κ2) is 10.7. The maximum Gasteiger partial charge on any atom is 0.223 e.